The van der Waals surface area contributed by atoms with E-state index >= 15 is 0 Å². The van der Waals surface area contributed by atoms with E-state index in [1.165, 1.54) is 18.2 Å². The van der Waals surface area contributed by atoms with Gasteiger partial charge in [0.05, 0.1) is 0 Å². The molecule has 1 aromatic rings. The molecule has 0 atom stereocenters. The van der Waals surface area contributed by atoms with Gasteiger partial charge in [0.15, 0.2) is 0 Å². The zero-order valence-corrected chi connectivity index (χ0v) is 8.77. The Morgan fingerprint density at radius 3 is 2.86 bits per heavy atom. The van der Waals surface area contributed by atoms with E-state index in [-0.39, 0.29) is 11.6 Å². The van der Waals surface area contributed by atoms with Gasteiger partial charge in [-0.25, -0.2) is 4.39 Å². The van der Waals surface area contributed by atoms with Gasteiger partial charge in [0.1, 0.15) is 11.6 Å². The summed E-state index contributed by atoms with van der Waals surface area (Å²) in [5.41, 5.74) is 0.702. The third-order valence-corrected chi connectivity index (χ3v) is 2.44. The lowest BCUT2D eigenvalue weighted by Crippen LogP contribution is -1.98. The van der Waals surface area contributed by atoms with Gasteiger partial charge >= 0.3 is 0 Å². The molecule has 0 fully saturated rings. The number of hydrogen-bond acceptors (Lipinski definition) is 1. The first-order valence-electron chi connectivity index (χ1n) is 4.59. The molecule has 76 valence electrons. The number of carbonyl (C=O) groups excluding carboxylic acids is 1. The van der Waals surface area contributed by atoms with Gasteiger partial charge in [-0.3, -0.25) is 4.79 Å². The van der Waals surface area contributed by atoms with Gasteiger partial charge < -0.3 is 0 Å². The van der Waals surface area contributed by atoms with Crippen molar-refractivity contribution in [2.75, 3.05) is 0 Å². The van der Waals surface area contributed by atoms with E-state index in [0.717, 1.165) is 0 Å². The Labute approximate surface area is 87.9 Å². The number of rotatable bonds is 4. The van der Waals surface area contributed by atoms with Crippen molar-refractivity contribution in [1.82, 2.24) is 0 Å². The molecule has 1 rings (SSSR count). The van der Waals surface area contributed by atoms with Crippen molar-refractivity contribution in [2.24, 2.45) is 0 Å². The maximum Gasteiger partial charge on any atom is 0.132 e. The SMILES string of the molecule is CCC(=O)CCc1cc(F)ccc1Cl. The van der Waals surface area contributed by atoms with Crippen molar-refractivity contribution in [3.63, 3.8) is 0 Å². The summed E-state index contributed by atoms with van der Waals surface area (Å²) in [6, 6.07) is 4.21. The van der Waals surface area contributed by atoms with Crippen LogP contribution in [0.3, 0.4) is 0 Å². The van der Waals surface area contributed by atoms with Crippen LogP contribution in [-0.4, -0.2) is 5.78 Å². The van der Waals surface area contributed by atoms with Gasteiger partial charge in [0, 0.05) is 17.9 Å². The molecule has 0 aliphatic rings. The first-order valence-corrected chi connectivity index (χ1v) is 4.97. The quantitative estimate of drug-likeness (QED) is 0.751. The van der Waals surface area contributed by atoms with Crippen LogP contribution < -0.4 is 0 Å². The number of hydrogen-bond donors (Lipinski definition) is 0. The Bertz CT molecular complexity index is 336. The van der Waals surface area contributed by atoms with E-state index < -0.39 is 0 Å². The molecule has 0 N–H and O–H groups in total. The van der Waals surface area contributed by atoms with Crippen molar-refractivity contribution in [2.45, 2.75) is 26.2 Å². The minimum atomic E-state index is -0.312. The lowest BCUT2D eigenvalue weighted by molar-refractivity contribution is -0.118. The summed E-state index contributed by atoms with van der Waals surface area (Å²) in [6.45, 7) is 1.81. The Kier molecular flexibility index (Phi) is 4.08. The highest BCUT2D eigenvalue weighted by Gasteiger charge is 2.04. The van der Waals surface area contributed by atoms with Crippen molar-refractivity contribution >= 4 is 17.4 Å². The summed E-state index contributed by atoms with van der Waals surface area (Å²) in [4.78, 5) is 11.0. The predicted octanol–water partition coefficient (Wildman–Crippen LogP) is 3.39. The van der Waals surface area contributed by atoms with Gasteiger partial charge in [0.2, 0.25) is 0 Å². The molecule has 0 aliphatic carbocycles. The molecular weight excluding hydrogens is 203 g/mol. The Balaban J connectivity index is 2.66. The summed E-state index contributed by atoms with van der Waals surface area (Å²) in [7, 11) is 0. The molecule has 0 saturated carbocycles. The van der Waals surface area contributed by atoms with Crippen LogP contribution in [0.5, 0.6) is 0 Å². The minimum Gasteiger partial charge on any atom is -0.300 e. The van der Waals surface area contributed by atoms with Crippen molar-refractivity contribution < 1.29 is 9.18 Å². The number of Topliss-reactive ketones (excluding diaryl/α,β-unsaturated/α-hetero) is 1. The highest BCUT2D eigenvalue weighted by Crippen LogP contribution is 2.18. The van der Waals surface area contributed by atoms with Crippen molar-refractivity contribution in [3.8, 4) is 0 Å². The number of halogens is 2. The normalized spacial score (nSPS) is 10.2. The van der Waals surface area contributed by atoms with Gasteiger partial charge in [-0.1, -0.05) is 18.5 Å². The smallest absolute Gasteiger partial charge is 0.132 e. The van der Waals surface area contributed by atoms with Gasteiger partial charge in [-0.15, -0.1) is 0 Å². The fourth-order valence-electron chi connectivity index (χ4n) is 1.19. The van der Waals surface area contributed by atoms with Crippen LogP contribution in [0.4, 0.5) is 4.39 Å². The lowest BCUT2D eigenvalue weighted by atomic mass is 10.1. The Morgan fingerprint density at radius 1 is 1.50 bits per heavy atom. The number of aryl methyl sites for hydroxylation is 1. The average molecular weight is 215 g/mol. The topological polar surface area (TPSA) is 17.1 Å². The molecule has 14 heavy (non-hydrogen) atoms. The molecule has 0 spiro atoms. The second-order valence-corrected chi connectivity index (χ2v) is 3.54. The van der Waals surface area contributed by atoms with Crippen LogP contribution in [-0.2, 0) is 11.2 Å². The zero-order chi connectivity index (χ0) is 10.6. The van der Waals surface area contributed by atoms with E-state index in [1.54, 1.807) is 0 Å². The minimum absolute atomic E-state index is 0.172. The molecule has 0 unspecified atom stereocenters. The van der Waals surface area contributed by atoms with Crippen molar-refractivity contribution in [3.05, 3.63) is 34.6 Å². The van der Waals surface area contributed by atoms with Gasteiger partial charge in [0.25, 0.3) is 0 Å². The number of carbonyl (C=O) groups is 1. The molecule has 1 nitrogen and oxygen atoms in total. The van der Waals surface area contributed by atoms with Crippen LogP contribution in [0.2, 0.25) is 5.02 Å². The van der Waals surface area contributed by atoms with Crippen LogP contribution in [0.25, 0.3) is 0 Å². The molecular formula is C11H12ClFO. The highest BCUT2D eigenvalue weighted by atomic mass is 35.5. The van der Waals surface area contributed by atoms with Crippen molar-refractivity contribution in [1.29, 1.82) is 0 Å². The molecule has 1 aromatic carbocycles. The van der Waals surface area contributed by atoms with E-state index in [2.05, 4.69) is 0 Å². The maximum atomic E-state index is 12.8. The summed E-state index contributed by atoms with van der Waals surface area (Å²) < 4.78 is 12.8. The van der Waals surface area contributed by atoms with Gasteiger partial charge in [-0.05, 0) is 30.2 Å². The second kappa shape index (κ2) is 5.11. The number of benzene rings is 1. The van der Waals surface area contributed by atoms with Gasteiger partial charge in [-0.2, -0.15) is 0 Å². The molecule has 0 aromatic heterocycles. The monoisotopic (exact) mass is 214 g/mol. The number of ketones is 1. The maximum absolute atomic E-state index is 12.8. The first-order chi connectivity index (χ1) is 6.63. The fourth-order valence-corrected chi connectivity index (χ4v) is 1.40. The summed E-state index contributed by atoms with van der Waals surface area (Å²) >= 11 is 5.84. The molecule has 3 heteroatoms. The summed E-state index contributed by atoms with van der Waals surface area (Å²) in [6.07, 6.45) is 1.47. The molecule has 0 amide bonds. The molecule has 0 saturated heterocycles. The van der Waals surface area contributed by atoms with E-state index in [0.29, 0.717) is 29.8 Å². The highest BCUT2D eigenvalue weighted by molar-refractivity contribution is 6.31. The zero-order valence-electron chi connectivity index (χ0n) is 8.02. The molecule has 0 heterocycles. The largest absolute Gasteiger partial charge is 0.300 e. The van der Waals surface area contributed by atoms with Crippen LogP contribution in [0.1, 0.15) is 25.3 Å². The summed E-state index contributed by atoms with van der Waals surface area (Å²) in [5, 5.41) is 0.523. The summed E-state index contributed by atoms with van der Waals surface area (Å²) in [5.74, 6) is -0.140. The fraction of sp³-hybridized carbons (Fsp3) is 0.364. The molecule has 0 aliphatic heterocycles. The van der Waals surface area contributed by atoms with Crippen LogP contribution in [0.15, 0.2) is 18.2 Å². The standard InChI is InChI=1S/C11H12ClFO/c1-2-10(14)5-3-8-7-9(13)4-6-11(8)12/h4,6-7H,2-3,5H2,1H3. The van der Waals surface area contributed by atoms with E-state index in [1.807, 2.05) is 6.92 Å². The predicted molar refractivity (Wildman–Crippen MR) is 55.0 cm³/mol. The Hall–Kier alpha value is -0.890. The third kappa shape index (κ3) is 3.11. The average Bonchev–Trinajstić information content (AvgIpc) is 2.19. The van der Waals surface area contributed by atoms with Crippen LogP contribution in [0, 0.1) is 5.82 Å². The van der Waals surface area contributed by atoms with Crippen LogP contribution >= 0.6 is 11.6 Å². The Morgan fingerprint density at radius 2 is 2.21 bits per heavy atom. The molecule has 0 bridgehead atoms. The van der Waals surface area contributed by atoms with E-state index in [4.69, 9.17) is 11.6 Å². The third-order valence-electron chi connectivity index (χ3n) is 2.08. The molecule has 0 radical (unpaired) electrons. The van der Waals surface area contributed by atoms with E-state index in [9.17, 15) is 9.18 Å². The lowest BCUT2D eigenvalue weighted by Gasteiger charge is -2.02. The first kappa shape index (κ1) is 11.2. The second-order valence-electron chi connectivity index (χ2n) is 3.13.